The second-order valence-corrected chi connectivity index (χ2v) is 7.73. The minimum absolute atomic E-state index is 0.0531. The van der Waals surface area contributed by atoms with Crippen LogP contribution in [-0.2, 0) is 17.8 Å². The smallest absolute Gasteiger partial charge is 0.290 e. The van der Waals surface area contributed by atoms with E-state index in [1.54, 1.807) is 17.0 Å². The summed E-state index contributed by atoms with van der Waals surface area (Å²) in [6.07, 6.45) is 4.05. The minimum atomic E-state index is -0.478. The average molecular weight is 381 g/mol. The SMILES string of the molecule is CNCC1CCN(C(=O)C2Cc3ccccc3CN2C(=O)c2ccco2)CC1. The number of carbonyl (C=O) groups excluding carboxylic acids is 2. The van der Waals surface area contributed by atoms with Crippen molar-refractivity contribution in [2.45, 2.75) is 31.8 Å². The average Bonchev–Trinajstić information content (AvgIpc) is 3.27. The number of amides is 2. The summed E-state index contributed by atoms with van der Waals surface area (Å²) in [6.45, 7) is 2.93. The van der Waals surface area contributed by atoms with Gasteiger partial charge in [0.2, 0.25) is 5.91 Å². The molecule has 6 nitrogen and oxygen atoms in total. The lowest BCUT2D eigenvalue weighted by Crippen LogP contribution is -2.55. The Hall–Kier alpha value is -2.60. The van der Waals surface area contributed by atoms with Crippen molar-refractivity contribution in [3.05, 3.63) is 59.5 Å². The molecule has 2 amide bonds. The lowest BCUT2D eigenvalue weighted by Gasteiger charge is -2.40. The molecule has 0 spiro atoms. The van der Waals surface area contributed by atoms with Gasteiger partial charge in [-0.3, -0.25) is 9.59 Å². The summed E-state index contributed by atoms with van der Waals surface area (Å²) in [5.74, 6) is 0.729. The molecule has 4 rings (SSSR count). The zero-order valence-corrected chi connectivity index (χ0v) is 16.3. The van der Waals surface area contributed by atoms with Gasteiger partial charge in [-0.05, 0) is 55.6 Å². The quantitative estimate of drug-likeness (QED) is 0.883. The molecule has 0 aliphatic carbocycles. The molecule has 1 aromatic heterocycles. The third-order valence-corrected chi connectivity index (χ3v) is 5.95. The van der Waals surface area contributed by atoms with Gasteiger partial charge < -0.3 is 19.5 Å². The molecular formula is C22H27N3O3. The highest BCUT2D eigenvalue weighted by molar-refractivity contribution is 5.96. The van der Waals surface area contributed by atoms with Gasteiger partial charge in [-0.2, -0.15) is 0 Å². The van der Waals surface area contributed by atoms with Gasteiger partial charge in [0, 0.05) is 26.1 Å². The molecule has 2 aromatic rings. The Labute approximate surface area is 165 Å². The van der Waals surface area contributed by atoms with Crippen molar-refractivity contribution >= 4 is 11.8 Å². The summed E-state index contributed by atoms with van der Waals surface area (Å²) < 4.78 is 5.33. The highest BCUT2D eigenvalue weighted by Crippen LogP contribution is 2.27. The van der Waals surface area contributed by atoms with E-state index < -0.39 is 6.04 Å². The Morgan fingerprint density at radius 3 is 2.54 bits per heavy atom. The lowest BCUT2D eigenvalue weighted by atomic mass is 9.91. The molecule has 0 bridgehead atoms. The molecule has 2 aliphatic rings. The normalized spacial score (nSPS) is 20.1. The molecule has 1 atom stereocenters. The van der Waals surface area contributed by atoms with Crippen molar-refractivity contribution in [1.29, 1.82) is 0 Å². The van der Waals surface area contributed by atoms with Gasteiger partial charge in [0.15, 0.2) is 5.76 Å². The van der Waals surface area contributed by atoms with E-state index in [1.165, 1.54) is 6.26 Å². The van der Waals surface area contributed by atoms with Gasteiger partial charge in [-0.25, -0.2) is 0 Å². The zero-order chi connectivity index (χ0) is 19.5. The maximum atomic E-state index is 13.4. The molecule has 28 heavy (non-hydrogen) atoms. The van der Waals surface area contributed by atoms with Crippen molar-refractivity contribution in [2.75, 3.05) is 26.7 Å². The largest absolute Gasteiger partial charge is 0.459 e. The molecule has 2 aliphatic heterocycles. The number of benzene rings is 1. The number of piperidine rings is 1. The first kappa shape index (κ1) is 18.7. The van der Waals surface area contributed by atoms with Crippen LogP contribution < -0.4 is 5.32 Å². The number of furan rings is 1. The molecule has 3 heterocycles. The number of carbonyl (C=O) groups is 2. The van der Waals surface area contributed by atoms with Crippen molar-refractivity contribution < 1.29 is 14.0 Å². The Morgan fingerprint density at radius 1 is 1.11 bits per heavy atom. The first-order valence-corrected chi connectivity index (χ1v) is 10.0. The molecule has 1 unspecified atom stereocenters. The van der Waals surface area contributed by atoms with Crippen LogP contribution in [0.1, 0.15) is 34.5 Å². The van der Waals surface area contributed by atoms with Gasteiger partial charge in [0.05, 0.1) is 6.26 Å². The van der Waals surface area contributed by atoms with E-state index in [-0.39, 0.29) is 17.6 Å². The molecule has 1 saturated heterocycles. The summed E-state index contributed by atoms with van der Waals surface area (Å²) >= 11 is 0. The van der Waals surface area contributed by atoms with Crippen LogP contribution >= 0.6 is 0 Å². The van der Waals surface area contributed by atoms with Crippen LogP contribution in [0, 0.1) is 5.92 Å². The van der Waals surface area contributed by atoms with E-state index in [2.05, 4.69) is 11.4 Å². The summed E-state index contributed by atoms with van der Waals surface area (Å²) in [5.41, 5.74) is 2.24. The van der Waals surface area contributed by atoms with Gasteiger partial charge in [0.1, 0.15) is 6.04 Å². The van der Waals surface area contributed by atoms with Gasteiger partial charge >= 0.3 is 0 Å². The van der Waals surface area contributed by atoms with Crippen molar-refractivity contribution in [3.63, 3.8) is 0 Å². The van der Waals surface area contributed by atoms with E-state index in [9.17, 15) is 9.59 Å². The Kier molecular flexibility index (Phi) is 5.48. The molecule has 1 N–H and O–H groups in total. The number of hydrogen-bond acceptors (Lipinski definition) is 4. The van der Waals surface area contributed by atoms with Crippen molar-refractivity contribution in [1.82, 2.24) is 15.1 Å². The maximum Gasteiger partial charge on any atom is 0.290 e. The minimum Gasteiger partial charge on any atom is -0.459 e. The lowest BCUT2D eigenvalue weighted by molar-refractivity contribution is -0.138. The van der Waals surface area contributed by atoms with E-state index in [0.29, 0.717) is 18.9 Å². The van der Waals surface area contributed by atoms with E-state index in [0.717, 1.165) is 43.6 Å². The monoisotopic (exact) mass is 381 g/mol. The second kappa shape index (κ2) is 8.19. The Morgan fingerprint density at radius 2 is 1.86 bits per heavy atom. The molecule has 0 radical (unpaired) electrons. The number of nitrogens with one attached hydrogen (secondary N) is 1. The fourth-order valence-corrected chi connectivity index (χ4v) is 4.36. The van der Waals surface area contributed by atoms with Gasteiger partial charge in [-0.15, -0.1) is 0 Å². The van der Waals surface area contributed by atoms with E-state index >= 15 is 0 Å². The first-order valence-electron chi connectivity index (χ1n) is 10.0. The van der Waals surface area contributed by atoms with Gasteiger partial charge in [0.25, 0.3) is 5.91 Å². The summed E-state index contributed by atoms with van der Waals surface area (Å²) in [4.78, 5) is 30.1. The molecule has 148 valence electrons. The maximum absolute atomic E-state index is 13.4. The van der Waals surface area contributed by atoms with Crippen molar-refractivity contribution in [3.8, 4) is 0 Å². The van der Waals surface area contributed by atoms with Crippen LogP contribution in [0.15, 0.2) is 47.1 Å². The van der Waals surface area contributed by atoms with Gasteiger partial charge in [-0.1, -0.05) is 24.3 Å². The number of nitrogens with zero attached hydrogens (tertiary/aromatic N) is 2. The Balaban J connectivity index is 1.55. The predicted octanol–water partition coefficient (Wildman–Crippen LogP) is 2.30. The molecule has 1 fully saturated rings. The van der Waals surface area contributed by atoms with Crippen molar-refractivity contribution in [2.24, 2.45) is 5.92 Å². The number of hydrogen-bond donors (Lipinski definition) is 1. The summed E-state index contributed by atoms with van der Waals surface area (Å²) in [6, 6.07) is 10.9. The van der Waals surface area contributed by atoms with Crippen LogP contribution in [0.25, 0.3) is 0 Å². The highest BCUT2D eigenvalue weighted by Gasteiger charge is 2.38. The fraction of sp³-hybridized carbons (Fsp3) is 0.455. The number of rotatable bonds is 4. The van der Waals surface area contributed by atoms with E-state index in [1.807, 2.05) is 30.1 Å². The molecule has 1 aromatic carbocycles. The number of fused-ring (bicyclic) bond motifs is 1. The standard InChI is InChI=1S/C22H27N3O3/c1-23-14-16-8-10-24(11-9-16)21(26)19-13-17-5-2-3-6-18(17)15-25(19)22(27)20-7-4-12-28-20/h2-7,12,16,19,23H,8-11,13-15H2,1H3. The zero-order valence-electron chi connectivity index (χ0n) is 16.3. The second-order valence-electron chi connectivity index (χ2n) is 7.73. The van der Waals surface area contributed by atoms with Crippen LogP contribution in [0.4, 0.5) is 0 Å². The Bertz CT molecular complexity index is 825. The predicted molar refractivity (Wildman–Crippen MR) is 106 cm³/mol. The first-order chi connectivity index (χ1) is 13.7. The summed E-state index contributed by atoms with van der Waals surface area (Å²) in [5, 5.41) is 3.23. The van der Waals surface area contributed by atoms with Crippen LogP contribution in [-0.4, -0.2) is 54.3 Å². The molecule has 0 saturated carbocycles. The van der Waals surface area contributed by atoms with Crippen LogP contribution in [0.2, 0.25) is 0 Å². The fourth-order valence-electron chi connectivity index (χ4n) is 4.36. The molecule has 6 heteroatoms. The summed E-state index contributed by atoms with van der Waals surface area (Å²) in [7, 11) is 1.97. The number of likely N-dealkylation sites (tertiary alicyclic amines) is 1. The van der Waals surface area contributed by atoms with Crippen LogP contribution in [0.5, 0.6) is 0 Å². The van der Waals surface area contributed by atoms with E-state index in [4.69, 9.17) is 4.42 Å². The van der Waals surface area contributed by atoms with Crippen LogP contribution in [0.3, 0.4) is 0 Å². The topological polar surface area (TPSA) is 65.8 Å². The highest BCUT2D eigenvalue weighted by atomic mass is 16.3. The third-order valence-electron chi connectivity index (χ3n) is 5.95. The molecular weight excluding hydrogens is 354 g/mol. The third kappa shape index (κ3) is 3.69.